The van der Waals surface area contributed by atoms with Crippen molar-refractivity contribution < 1.29 is 4.79 Å². The molecule has 1 unspecified atom stereocenters. The molecule has 1 heterocycles. The van der Waals surface area contributed by atoms with E-state index in [0.717, 1.165) is 0 Å². The molecule has 0 fully saturated rings. The van der Waals surface area contributed by atoms with Crippen molar-refractivity contribution in [1.29, 1.82) is 0 Å². The summed E-state index contributed by atoms with van der Waals surface area (Å²) in [5.74, 6) is 0.0270. The van der Waals surface area contributed by atoms with Crippen LogP contribution in [0.4, 0.5) is 0 Å². The van der Waals surface area contributed by atoms with Gasteiger partial charge in [-0.1, -0.05) is 0 Å². The molecule has 1 rings (SSSR count). The Morgan fingerprint density at radius 1 is 1.71 bits per heavy atom. The number of carbonyl (C=O) groups is 1. The SMILES string of the molecule is CC(C(=O)N(C)CCN)n1cccn1. The van der Waals surface area contributed by atoms with Gasteiger partial charge in [-0.2, -0.15) is 5.10 Å². The summed E-state index contributed by atoms with van der Waals surface area (Å²) in [6.45, 7) is 2.88. The first-order valence-electron chi connectivity index (χ1n) is 4.61. The van der Waals surface area contributed by atoms with Gasteiger partial charge < -0.3 is 10.6 Å². The van der Waals surface area contributed by atoms with E-state index in [2.05, 4.69) is 5.10 Å². The normalized spacial score (nSPS) is 12.5. The first-order valence-corrected chi connectivity index (χ1v) is 4.61. The Labute approximate surface area is 83.5 Å². The second kappa shape index (κ2) is 4.76. The van der Waals surface area contributed by atoms with Gasteiger partial charge in [-0.15, -0.1) is 0 Å². The van der Waals surface area contributed by atoms with Crippen molar-refractivity contribution in [2.24, 2.45) is 5.73 Å². The molecule has 2 N–H and O–H groups in total. The molecule has 0 aromatic carbocycles. The van der Waals surface area contributed by atoms with Crippen molar-refractivity contribution in [3.05, 3.63) is 18.5 Å². The minimum Gasteiger partial charge on any atom is -0.343 e. The quantitative estimate of drug-likeness (QED) is 0.729. The molecule has 1 aromatic rings. The van der Waals surface area contributed by atoms with E-state index in [9.17, 15) is 4.79 Å². The molecule has 1 atom stereocenters. The number of hydrogen-bond acceptors (Lipinski definition) is 3. The van der Waals surface area contributed by atoms with Crippen LogP contribution in [0.3, 0.4) is 0 Å². The topological polar surface area (TPSA) is 64.2 Å². The zero-order valence-electron chi connectivity index (χ0n) is 8.55. The number of aromatic nitrogens is 2. The molecule has 5 nitrogen and oxygen atoms in total. The molecule has 0 saturated carbocycles. The van der Waals surface area contributed by atoms with E-state index in [1.54, 1.807) is 35.1 Å². The van der Waals surface area contributed by atoms with Gasteiger partial charge in [0.25, 0.3) is 0 Å². The lowest BCUT2D eigenvalue weighted by Gasteiger charge is -2.20. The Balaban J connectivity index is 2.61. The van der Waals surface area contributed by atoms with Gasteiger partial charge in [0.15, 0.2) is 0 Å². The van der Waals surface area contributed by atoms with Gasteiger partial charge in [-0.25, -0.2) is 0 Å². The van der Waals surface area contributed by atoms with Crippen LogP contribution in [0.2, 0.25) is 0 Å². The summed E-state index contributed by atoms with van der Waals surface area (Å²) in [6.07, 6.45) is 3.44. The lowest BCUT2D eigenvalue weighted by molar-refractivity contribution is -0.133. The third kappa shape index (κ3) is 2.32. The van der Waals surface area contributed by atoms with Gasteiger partial charge in [0, 0.05) is 32.5 Å². The zero-order valence-corrected chi connectivity index (χ0v) is 8.55. The van der Waals surface area contributed by atoms with E-state index in [1.165, 1.54) is 0 Å². The van der Waals surface area contributed by atoms with E-state index in [4.69, 9.17) is 5.73 Å². The summed E-state index contributed by atoms with van der Waals surface area (Å²) in [6, 6.07) is 1.54. The third-order valence-electron chi connectivity index (χ3n) is 2.12. The molecule has 5 heteroatoms. The van der Waals surface area contributed by atoms with Crippen LogP contribution in [0.15, 0.2) is 18.5 Å². The van der Waals surface area contributed by atoms with Gasteiger partial charge in [-0.3, -0.25) is 9.48 Å². The summed E-state index contributed by atoms with van der Waals surface area (Å²) in [5, 5.41) is 4.02. The van der Waals surface area contributed by atoms with Crippen molar-refractivity contribution >= 4 is 5.91 Å². The van der Waals surface area contributed by atoms with E-state index < -0.39 is 0 Å². The molecule has 0 spiro atoms. The van der Waals surface area contributed by atoms with Crippen LogP contribution in [-0.4, -0.2) is 40.7 Å². The van der Waals surface area contributed by atoms with Crippen LogP contribution >= 0.6 is 0 Å². The zero-order chi connectivity index (χ0) is 10.6. The molecule has 78 valence electrons. The highest BCUT2D eigenvalue weighted by Gasteiger charge is 2.18. The number of nitrogens with zero attached hydrogens (tertiary/aromatic N) is 3. The number of rotatable bonds is 4. The number of amides is 1. The Bertz CT molecular complexity index is 283. The summed E-state index contributed by atoms with van der Waals surface area (Å²) in [4.78, 5) is 13.4. The molecular weight excluding hydrogens is 180 g/mol. The van der Waals surface area contributed by atoms with Gasteiger partial charge in [-0.05, 0) is 13.0 Å². The lowest BCUT2D eigenvalue weighted by Crippen LogP contribution is -2.36. The maximum absolute atomic E-state index is 11.7. The number of nitrogens with two attached hydrogens (primary N) is 1. The molecular formula is C9H16N4O. The minimum atomic E-state index is -0.262. The van der Waals surface area contributed by atoms with Crippen LogP contribution in [-0.2, 0) is 4.79 Å². The van der Waals surface area contributed by atoms with E-state index in [1.807, 2.05) is 6.92 Å². The average molecular weight is 196 g/mol. The minimum absolute atomic E-state index is 0.0270. The van der Waals surface area contributed by atoms with E-state index in [0.29, 0.717) is 13.1 Å². The predicted molar refractivity (Wildman–Crippen MR) is 53.6 cm³/mol. The molecule has 0 aliphatic rings. The summed E-state index contributed by atoms with van der Waals surface area (Å²) >= 11 is 0. The Morgan fingerprint density at radius 3 is 2.93 bits per heavy atom. The van der Waals surface area contributed by atoms with Crippen LogP contribution in [0.5, 0.6) is 0 Å². The second-order valence-corrected chi connectivity index (χ2v) is 3.21. The van der Waals surface area contributed by atoms with Crippen LogP contribution in [0.1, 0.15) is 13.0 Å². The highest BCUT2D eigenvalue weighted by molar-refractivity contribution is 5.79. The largest absolute Gasteiger partial charge is 0.343 e. The molecule has 0 bridgehead atoms. The molecule has 14 heavy (non-hydrogen) atoms. The maximum atomic E-state index is 11.7. The number of carbonyl (C=O) groups excluding carboxylic acids is 1. The first-order chi connectivity index (χ1) is 6.66. The highest BCUT2D eigenvalue weighted by Crippen LogP contribution is 2.06. The fraction of sp³-hybridized carbons (Fsp3) is 0.556. The van der Waals surface area contributed by atoms with Gasteiger partial charge in [0.2, 0.25) is 5.91 Å². The van der Waals surface area contributed by atoms with Crippen molar-refractivity contribution in [2.75, 3.05) is 20.1 Å². The molecule has 1 aromatic heterocycles. The van der Waals surface area contributed by atoms with Gasteiger partial charge >= 0.3 is 0 Å². The van der Waals surface area contributed by atoms with Crippen molar-refractivity contribution in [2.45, 2.75) is 13.0 Å². The highest BCUT2D eigenvalue weighted by atomic mass is 16.2. The van der Waals surface area contributed by atoms with Crippen molar-refractivity contribution in [3.8, 4) is 0 Å². The summed E-state index contributed by atoms with van der Waals surface area (Å²) in [7, 11) is 1.75. The fourth-order valence-electron chi connectivity index (χ4n) is 1.25. The Hall–Kier alpha value is -1.36. The smallest absolute Gasteiger partial charge is 0.246 e. The monoisotopic (exact) mass is 196 g/mol. The average Bonchev–Trinajstić information content (AvgIpc) is 2.68. The predicted octanol–water partition coefficient (Wildman–Crippen LogP) is -0.139. The summed E-state index contributed by atoms with van der Waals surface area (Å²) in [5.41, 5.74) is 5.37. The van der Waals surface area contributed by atoms with Crippen LogP contribution < -0.4 is 5.73 Å². The summed E-state index contributed by atoms with van der Waals surface area (Å²) < 4.78 is 1.63. The molecule has 0 radical (unpaired) electrons. The Morgan fingerprint density at radius 2 is 2.43 bits per heavy atom. The maximum Gasteiger partial charge on any atom is 0.246 e. The molecule has 0 saturated heterocycles. The fourth-order valence-corrected chi connectivity index (χ4v) is 1.25. The molecule has 0 aliphatic heterocycles. The first kappa shape index (κ1) is 10.7. The van der Waals surface area contributed by atoms with E-state index >= 15 is 0 Å². The lowest BCUT2D eigenvalue weighted by atomic mass is 10.3. The van der Waals surface area contributed by atoms with Crippen LogP contribution in [0.25, 0.3) is 0 Å². The van der Waals surface area contributed by atoms with Gasteiger partial charge in [0.1, 0.15) is 6.04 Å². The third-order valence-corrected chi connectivity index (χ3v) is 2.12. The van der Waals surface area contributed by atoms with E-state index in [-0.39, 0.29) is 11.9 Å². The molecule has 1 amide bonds. The number of hydrogen-bond donors (Lipinski definition) is 1. The number of likely N-dealkylation sites (N-methyl/N-ethyl adjacent to an activating group) is 1. The standard InChI is InChI=1S/C9H16N4O/c1-8(13-6-3-5-11-13)9(14)12(2)7-4-10/h3,5-6,8H,4,7,10H2,1-2H3. The molecule has 0 aliphatic carbocycles. The Kier molecular flexibility index (Phi) is 3.64. The van der Waals surface area contributed by atoms with Crippen molar-refractivity contribution in [3.63, 3.8) is 0 Å². The van der Waals surface area contributed by atoms with Gasteiger partial charge in [0.05, 0.1) is 0 Å². The second-order valence-electron chi connectivity index (χ2n) is 3.21. The van der Waals surface area contributed by atoms with Crippen LogP contribution in [0, 0.1) is 0 Å². The van der Waals surface area contributed by atoms with Crippen molar-refractivity contribution in [1.82, 2.24) is 14.7 Å².